The lowest BCUT2D eigenvalue weighted by Crippen LogP contribution is -2.25. The van der Waals surface area contributed by atoms with Gasteiger partial charge in [0.25, 0.3) is 0 Å². The van der Waals surface area contributed by atoms with Gasteiger partial charge in [0, 0.05) is 34.9 Å². The minimum atomic E-state index is -0.721. The van der Waals surface area contributed by atoms with Gasteiger partial charge in [-0.25, -0.2) is 0 Å². The van der Waals surface area contributed by atoms with Gasteiger partial charge in [0.05, 0.1) is 21.3 Å². The number of hydrazone groups is 1. The van der Waals surface area contributed by atoms with Gasteiger partial charge >= 0.3 is 0 Å². The molecule has 8 nitrogen and oxygen atoms in total. The molecule has 2 heterocycles. The normalized spacial score (nSPS) is 15.8. The van der Waals surface area contributed by atoms with Gasteiger partial charge < -0.3 is 18.9 Å². The van der Waals surface area contributed by atoms with E-state index in [-0.39, 0.29) is 11.8 Å². The number of rotatable bonds is 5. The molecule has 0 bridgehead atoms. The van der Waals surface area contributed by atoms with E-state index in [4.69, 9.17) is 18.9 Å². The molecule has 1 aliphatic rings. The number of methoxy groups -OCH3 is 3. The van der Waals surface area contributed by atoms with Gasteiger partial charge in [0.2, 0.25) is 23.8 Å². The molecule has 0 saturated heterocycles. The summed E-state index contributed by atoms with van der Waals surface area (Å²) in [5.74, 6) is 1.37. The van der Waals surface area contributed by atoms with Crippen LogP contribution in [-0.4, -0.2) is 43.1 Å². The minimum absolute atomic E-state index is 0.259. The van der Waals surface area contributed by atoms with Crippen LogP contribution in [0.4, 0.5) is 0 Å². The second kappa shape index (κ2) is 7.83. The van der Waals surface area contributed by atoms with E-state index < -0.39 is 6.23 Å². The Morgan fingerprint density at radius 3 is 2.30 bits per heavy atom. The highest BCUT2D eigenvalue weighted by Crippen LogP contribution is 2.40. The first kappa shape index (κ1) is 19.0. The fourth-order valence-corrected chi connectivity index (χ4v) is 3.05. The Morgan fingerprint density at radius 2 is 1.78 bits per heavy atom. The van der Waals surface area contributed by atoms with Crippen LogP contribution >= 0.6 is 15.9 Å². The molecule has 142 valence electrons. The summed E-state index contributed by atoms with van der Waals surface area (Å²) in [5.41, 5.74) is 1.27. The molecule has 0 spiro atoms. The van der Waals surface area contributed by atoms with Crippen LogP contribution in [0, 0.1) is 0 Å². The summed E-state index contributed by atoms with van der Waals surface area (Å²) in [6.45, 7) is 1.42. The third kappa shape index (κ3) is 3.68. The molecule has 1 aromatic carbocycles. The molecule has 1 amide bonds. The van der Waals surface area contributed by atoms with E-state index in [9.17, 15) is 4.79 Å². The van der Waals surface area contributed by atoms with Crippen molar-refractivity contribution in [1.82, 2.24) is 9.99 Å². The van der Waals surface area contributed by atoms with E-state index in [1.807, 2.05) is 6.07 Å². The van der Waals surface area contributed by atoms with Crippen LogP contribution in [-0.2, 0) is 9.53 Å². The number of carbonyl (C=O) groups excluding carboxylic acids is 1. The largest absolute Gasteiger partial charge is 0.493 e. The van der Waals surface area contributed by atoms with Crippen molar-refractivity contribution in [2.24, 2.45) is 5.10 Å². The number of hydrogen-bond donors (Lipinski definition) is 0. The third-order valence-electron chi connectivity index (χ3n) is 3.89. The first-order chi connectivity index (χ1) is 13.0. The Bertz CT molecular complexity index is 877. The Hall–Kier alpha value is -2.81. The van der Waals surface area contributed by atoms with E-state index in [2.05, 4.69) is 26.0 Å². The van der Waals surface area contributed by atoms with Gasteiger partial charge in [0.15, 0.2) is 11.5 Å². The summed E-state index contributed by atoms with van der Waals surface area (Å²) in [7, 11) is 4.57. The summed E-state index contributed by atoms with van der Waals surface area (Å²) in [5, 5.41) is 5.60. The van der Waals surface area contributed by atoms with Gasteiger partial charge in [-0.05, 0) is 34.1 Å². The molecule has 1 aromatic heterocycles. The Morgan fingerprint density at radius 1 is 1.11 bits per heavy atom. The smallest absolute Gasteiger partial charge is 0.243 e. The van der Waals surface area contributed by atoms with Crippen LogP contribution in [0.1, 0.15) is 24.3 Å². The molecule has 2 aromatic rings. The van der Waals surface area contributed by atoms with Crippen molar-refractivity contribution in [2.75, 3.05) is 21.3 Å². The molecule has 3 rings (SSSR count). The lowest BCUT2D eigenvalue weighted by atomic mass is 10.1. The first-order valence-corrected chi connectivity index (χ1v) is 8.73. The maximum Gasteiger partial charge on any atom is 0.243 e. The molecule has 1 atom stereocenters. The van der Waals surface area contributed by atoms with Gasteiger partial charge in [-0.2, -0.15) is 5.01 Å². The third-order valence-corrected chi connectivity index (χ3v) is 4.32. The second-order valence-electron chi connectivity index (χ2n) is 5.59. The predicted molar refractivity (Wildman–Crippen MR) is 101 cm³/mol. The van der Waals surface area contributed by atoms with Crippen molar-refractivity contribution in [3.63, 3.8) is 0 Å². The zero-order valence-electron chi connectivity index (χ0n) is 15.2. The average Bonchev–Trinajstić information content (AvgIpc) is 3.12. The van der Waals surface area contributed by atoms with E-state index >= 15 is 0 Å². The standard InChI is InChI=1S/C18H18BrN3O5/c1-10(23)22-18(12-5-13(19)9-20-8-12)27-17(21-22)11-6-14(24-2)16(26-4)15(7-11)25-3/h5-9,18H,1-4H3. The highest BCUT2D eigenvalue weighted by molar-refractivity contribution is 9.10. The summed E-state index contributed by atoms with van der Waals surface area (Å²) in [6.07, 6.45) is 2.55. The maximum absolute atomic E-state index is 12.1. The van der Waals surface area contributed by atoms with Crippen LogP contribution < -0.4 is 14.2 Å². The molecule has 0 N–H and O–H groups in total. The molecule has 1 aliphatic heterocycles. The van der Waals surface area contributed by atoms with Crippen LogP contribution in [0.2, 0.25) is 0 Å². The number of carbonyl (C=O) groups is 1. The lowest BCUT2D eigenvalue weighted by Gasteiger charge is -2.19. The second-order valence-corrected chi connectivity index (χ2v) is 6.51. The van der Waals surface area contributed by atoms with Crippen molar-refractivity contribution in [2.45, 2.75) is 13.2 Å². The molecule has 0 radical (unpaired) electrons. The number of nitrogens with zero attached hydrogens (tertiary/aromatic N) is 3. The molecule has 27 heavy (non-hydrogen) atoms. The molecule has 0 aliphatic carbocycles. The van der Waals surface area contributed by atoms with Gasteiger partial charge in [-0.1, -0.05) is 0 Å². The van der Waals surface area contributed by atoms with Crippen LogP contribution in [0.25, 0.3) is 0 Å². The summed E-state index contributed by atoms with van der Waals surface area (Å²) in [6, 6.07) is 5.24. The molecule has 1 unspecified atom stereocenters. The number of pyridine rings is 1. The predicted octanol–water partition coefficient (Wildman–Crippen LogP) is 3.11. The highest BCUT2D eigenvalue weighted by Gasteiger charge is 2.34. The number of aromatic nitrogens is 1. The number of hydrogen-bond acceptors (Lipinski definition) is 7. The van der Waals surface area contributed by atoms with Crippen molar-refractivity contribution >= 4 is 27.7 Å². The van der Waals surface area contributed by atoms with Gasteiger partial charge in [0.1, 0.15) is 0 Å². The van der Waals surface area contributed by atoms with Crippen molar-refractivity contribution < 1.29 is 23.7 Å². The monoisotopic (exact) mass is 435 g/mol. The summed E-state index contributed by atoms with van der Waals surface area (Å²) >= 11 is 3.37. The van der Waals surface area contributed by atoms with E-state index in [0.717, 1.165) is 4.47 Å². The van der Waals surface area contributed by atoms with E-state index in [1.54, 1.807) is 24.5 Å². The zero-order chi connectivity index (χ0) is 19.6. The summed E-state index contributed by atoms with van der Waals surface area (Å²) < 4.78 is 22.8. The Balaban J connectivity index is 2.02. The van der Waals surface area contributed by atoms with Crippen molar-refractivity contribution in [1.29, 1.82) is 0 Å². The molecule has 0 fully saturated rings. The van der Waals surface area contributed by atoms with E-state index in [1.165, 1.54) is 33.3 Å². The van der Waals surface area contributed by atoms with Gasteiger partial charge in [-0.15, -0.1) is 5.10 Å². The fourth-order valence-electron chi connectivity index (χ4n) is 2.67. The van der Waals surface area contributed by atoms with Crippen molar-refractivity contribution in [3.8, 4) is 17.2 Å². The quantitative estimate of drug-likeness (QED) is 0.717. The molecular formula is C18H18BrN3O5. The molecule has 9 heteroatoms. The number of amides is 1. The number of benzene rings is 1. The lowest BCUT2D eigenvalue weighted by molar-refractivity contribution is -0.135. The van der Waals surface area contributed by atoms with Crippen molar-refractivity contribution in [3.05, 3.63) is 46.2 Å². The maximum atomic E-state index is 12.1. The summed E-state index contributed by atoms with van der Waals surface area (Å²) in [4.78, 5) is 16.2. The van der Waals surface area contributed by atoms with Gasteiger partial charge in [-0.3, -0.25) is 9.78 Å². The van der Waals surface area contributed by atoms with Crippen LogP contribution in [0.3, 0.4) is 0 Å². The minimum Gasteiger partial charge on any atom is -0.493 e. The van der Waals surface area contributed by atoms with E-state index in [0.29, 0.717) is 28.4 Å². The fraction of sp³-hybridized carbons (Fsp3) is 0.278. The molecule has 0 saturated carbocycles. The zero-order valence-corrected chi connectivity index (χ0v) is 16.8. The Kier molecular flexibility index (Phi) is 5.50. The Labute approximate surface area is 164 Å². The van der Waals surface area contributed by atoms with Crippen LogP contribution in [0.15, 0.2) is 40.2 Å². The van der Waals surface area contributed by atoms with Crippen LogP contribution in [0.5, 0.6) is 17.2 Å². The highest BCUT2D eigenvalue weighted by atomic mass is 79.9. The first-order valence-electron chi connectivity index (χ1n) is 7.94. The number of ether oxygens (including phenoxy) is 4. The molecular weight excluding hydrogens is 418 g/mol. The number of halogens is 1. The topological polar surface area (TPSA) is 82.5 Å². The SMILES string of the molecule is COc1cc(C2=NN(C(C)=O)C(c3cncc(Br)c3)O2)cc(OC)c1OC. The average molecular weight is 436 g/mol.